The van der Waals surface area contributed by atoms with Crippen molar-refractivity contribution < 1.29 is 0 Å². The average Bonchev–Trinajstić information content (AvgIpc) is 3.22. The lowest BCUT2D eigenvalue weighted by atomic mass is 10.1. The van der Waals surface area contributed by atoms with Crippen LogP contribution in [0.5, 0.6) is 0 Å². The van der Waals surface area contributed by atoms with Gasteiger partial charge in [-0.2, -0.15) is 0 Å². The van der Waals surface area contributed by atoms with E-state index in [1.54, 1.807) is 0 Å². The number of nitrogens with zero attached hydrogens (tertiary/aromatic N) is 2. The molecular formula is C16H23N3. The van der Waals surface area contributed by atoms with Crippen molar-refractivity contribution in [3.05, 3.63) is 30.1 Å². The second kappa shape index (κ2) is 5.33. The van der Waals surface area contributed by atoms with Gasteiger partial charge < -0.3 is 9.88 Å². The first-order chi connectivity index (χ1) is 9.29. The van der Waals surface area contributed by atoms with Crippen LogP contribution in [-0.2, 0) is 13.5 Å². The van der Waals surface area contributed by atoms with E-state index in [-0.39, 0.29) is 0 Å². The Hall–Kier alpha value is -1.35. The number of fused-ring (bicyclic) bond motifs is 1. The van der Waals surface area contributed by atoms with Crippen molar-refractivity contribution in [2.75, 3.05) is 6.54 Å². The van der Waals surface area contributed by atoms with E-state index in [0.717, 1.165) is 24.4 Å². The van der Waals surface area contributed by atoms with Crippen molar-refractivity contribution >= 4 is 11.0 Å². The topological polar surface area (TPSA) is 29.9 Å². The molecule has 0 bridgehead atoms. The van der Waals surface area contributed by atoms with Crippen molar-refractivity contribution in [1.29, 1.82) is 0 Å². The highest BCUT2D eigenvalue weighted by molar-refractivity contribution is 5.75. The Morgan fingerprint density at radius 1 is 1.37 bits per heavy atom. The monoisotopic (exact) mass is 257 g/mol. The van der Waals surface area contributed by atoms with Gasteiger partial charge in [0.1, 0.15) is 5.82 Å². The Bertz CT molecular complexity index is 554. The van der Waals surface area contributed by atoms with Gasteiger partial charge in [0.2, 0.25) is 0 Å². The highest BCUT2D eigenvalue weighted by Crippen LogP contribution is 2.34. The number of nitrogens with one attached hydrogen (secondary N) is 1. The second-order valence-corrected chi connectivity index (χ2v) is 5.68. The van der Waals surface area contributed by atoms with Crippen LogP contribution in [0, 0.1) is 5.92 Å². The molecule has 1 N–H and O–H groups in total. The lowest BCUT2D eigenvalue weighted by Crippen LogP contribution is -2.34. The predicted molar refractivity (Wildman–Crippen MR) is 79.2 cm³/mol. The summed E-state index contributed by atoms with van der Waals surface area (Å²) in [6, 6.07) is 9.01. The molecular weight excluding hydrogens is 234 g/mol. The fraction of sp³-hybridized carbons (Fsp3) is 0.562. The SMILES string of the molecule is CCCNC(Cc1nc2ccccc2n1C)C1CC1. The van der Waals surface area contributed by atoms with Crippen LogP contribution in [0.15, 0.2) is 24.3 Å². The number of imidazole rings is 1. The van der Waals surface area contributed by atoms with Crippen molar-refractivity contribution in [2.24, 2.45) is 13.0 Å². The first-order valence-corrected chi connectivity index (χ1v) is 7.43. The number of aryl methyl sites for hydroxylation is 1. The van der Waals surface area contributed by atoms with E-state index in [4.69, 9.17) is 4.98 Å². The fourth-order valence-corrected chi connectivity index (χ4v) is 2.81. The third-order valence-electron chi connectivity index (χ3n) is 4.13. The van der Waals surface area contributed by atoms with E-state index in [0.29, 0.717) is 6.04 Å². The summed E-state index contributed by atoms with van der Waals surface area (Å²) in [6.07, 6.45) is 5.01. The summed E-state index contributed by atoms with van der Waals surface area (Å²) in [6.45, 7) is 3.34. The van der Waals surface area contributed by atoms with Crippen LogP contribution < -0.4 is 5.32 Å². The van der Waals surface area contributed by atoms with E-state index in [9.17, 15) is 0 Å². The van der Waals surface area contributed by atoms with Crippen LogP contribution in [0.4, 0.5) is 0 Å². The second-order valence-electron chi connectivity index (χ2n) is 5.68. The molecule has 19 heavy (non-hydrogen) atoms. The van der Waals surface area contributed by atoms with Crippen LogP contribution in [-0.4, -0.2) is 22.1 Å². The van der Waals surface area contributed by atoms with Gasteiger partial charge in [0, 0.05) is 19.5 Å². The first-order valence-electron chi connectivity index (χ1n) is 7.43. The van der Waals surface area contributed by atoms with Gasteiger partial charge in [-0.15, -0.1) is 0 Å². The summed E-state index contributed by atoms with van der Waals surface area (Å²) in [4.78, 5) is 4.79. The Morgan fingerprint density at radius 3 is 2.84 bits per heavy atom. The van der Waals surface area contributed by atoms with E-state index < -0.39 is 0 Å². The molecule has 0 aliphatic heterocycles. The summed E-state index contributed by atoms with van der Waals surface area (Å²) in [5.74, 6) is 2.08. The molecule has 3 nitrogen and oxygen atoms in total. The van der Waals surface area contributed by atoms with Crippen molar-refractivity contribution in [2.45, 2.75) is 38.6 Å². The van der Waals surface area contributed by atoms with Gasteiger partial charge in [-0.25, -0.2) is 4.98 Å². The first kappa shape index (κ1) is 12.7. The average molecular weight is 257 g/mol. The number of hydrogen-bond acceptors (Lipinski definition) is 2. The molecule has 2 aromatic rings. The number of aromatic nitrogens is 2. The molecule has 1 atom stereocenters. The maximum Gasteiger partial charge on any atom is 0.111 e. The third-order valence-corrected chi connectivity index (χ3v) is 4.13. The maximum atomic E-state index is 4.79. The van der Waals surface area contributed by atoms with E-state index >= 15 is 0 Å². The molecule has 1 aliphatic rings. The molecule has 0 radical (unpaired) electrons. The molecule has 1 heterocycles. The number of hydrogen-bond donors (Lipinski definition) is 1. The molecule has 0 saturated heterocycles. The normalized spacial score (nSPS) is 16.9. The molecule has 1 saturated carbocycles. The lowest BCUT2D eigenvalue weighted by Gasteiger charge is -2.17. The Balaban J connectivity index is 1.80. The van der Waals surface area contributed by atoms with E-state index in [1.807, 2.05) is 0 Å². The number of benzene rings is 1. The number of para-hydroxylation sites is 2. The zero-order chi connectivity index (χ0) is 13.2. The summed E-state index contributed by atoms with van der Waals surface area (Å²) in [7, 11) is 2.13. The standard InChI is InChI=1S/C16H23N3/c1-3-10-17-14(12-8-9-12)11-16-18-13-6-4-5-7-15(13)19(16)2/h4-7,12,14,17H,3,8-11H2,1-2H3. The Morgan fingerprint density at radius 2 is 2.16 bits per heavy atom. The summed E-state index contributed by atoms with van der Waals surface area (Å²) in [5.41, 5.74) is 2.35. The minimum atomic E-state index is 0.607. The summed E-state index contributed by atoms with van der Waals surface area (Å²) >= 11 is 0. The largest absolute Gasteiger partial charge is 0.331 e. The molecule has 3 heteroatoms. The highest BCUT2D eigenvalue weighted by Gasteiger charge is 2.31. The van der Waals surface area contributed by atoms with Gasteiger partial charge in [-0.1, -0.05) is 19.1 Å². The maximum absolute atomic E-state index is 4.79. The van der Waals surface area contributed by atoms with Crippen LogP contribution in [0.25, 0.3) is 11.0 Å². The molecule has 0 spiro atoms. The van der Waals surface area contributed by atoms with Crippen molar-refractivity contribution in [1.82, 2.24) is 14.9 Å². The Kier molecular flexibility index (Phi) is 3.56. The van der Waals surface area contributed by atoms with Crippen LogP contribution in [0.2, 0.25) is 0 Å². The quantitative estimate of drug-likeness (QED) is 0.862. The van der Waals surface area contributed by atoms with Gasteiger partial charge in [0.25, 0.3) is 0 Å². The van der Waals surface area contributed by atoms with Gasteiger partial charge in [0.05, 0.1) is 11.0 Å². The summed E-state index contributed by atoms with van der Waals surface area (Å²) < 4.78 is 2.25. The fourth-order valence-electron chi connectivity index (χ4n) is 2.81. The van der Waals surface area contributed by atoms with E-state index in [2.05, 4.69) is 48.1 Å². The lowest BCUT2D eigenvalue weighted by molar-refractivity contribution is 0.448. The zero-order valence-electron chi connectivity index (χ0n) is 11.9. The predicted octanol–water partition coefficient (Wildman–Crippen LogP) is 2.89. The van der Waals surface area contributed by atoms with Gasteiger partial charge >= 0.3 is 0 Å². The molecule has 1 aliphatic carbocycles. The highest BCUT2D eigenvalue weighted by atomic mass is 15.1. The van der Waals surface area contributed by atoms with Crippen molar-refractivity contribution in [3.8, 4) is 0 Å². The van der Waals surface area contributed by atoms with Crippen LogP contribution in [0.3, 0.4) is 0 Å². The minimum absolute atomic E-state index is 0.607. The van der Waals surface area contributed by atoms with Crippen molar-refractivity contribution in [3.63, 3.8) is 0 Å². The molecule has 1 fully saturated rings. The van der Waals surface area contributed by atoms with Crippen LogP contribution in [0.1, 0.15) is 32.0 Å². The minimum Gasteiger partial charge on any atom is -0.331 e. The van der Waals surface area contributed by atoms with Gasteiger partial charge in [-0.05, 0) is 43.9 Å². The molecule has 1 aromatic carbocycles. The Labute approximate surface area is 115 Å². The van der Waals surface area contributed by atoms with Crippen LogP contribution >= 0.6 is 0 Å². The molecule has 3 rings (SSSR count). The number of rotatable bonds is 6. The third kappa shape index (κ3) is 2.66. The molecule has 1 aromatic heterocycles. The summed E-state index contributed by atoms with van der Waals surface area (Å²) in [5, 5.41) is 3.70. The molecule has 0 amide bonds. The van der Waals surface area contributed by atoms with Gasteiger partial charge in [-0.3, -0.25) is 0 Å². The van der Waals surface area contributed by atoms with E-state index in [1.165, 1.54) is 30.6 Å². The molecule has 102 valence electrons. The van der Waals surface area contributed by atoms with Gasteiger partial charge in [0.15, 0.2) is 0 Å². The zero-order valence-corrected chi connectivity index (χ0v) is 11.9. The smallest absolute Gasteiger partial charge is 0.111 e. The molecule has 1 unspecified atom stereocenters.